The van der Waals surface area contributed by atoms with Gasteiger partial charge in [0.15, 0.2) is 0 Å². The standard InChI is InChI=1S/C18H18N2S/c19-18(17-11-12-5-1-2-9-16(12)21-17)14-6-3-8-15-13(14)7-4-10-20-15/h3-4,6-8,10-11,18H,1-2,5,9,19H2. The van der Waals surface area contributed by atoms with E-state index in [1.807, 2.05) is 29.7 Å². The first-order chi connectivity index (χ1) is 10.3. The molecular formula is C18H18N2S. The van der Waals surface area contributed by atoms with Gasteiger partial charge in [0.1, 0.15) is 0 Å². The molecule has 3 aromatic rings. The quantitative estimate of drug-likeness (QED) is 0.768. The van der Waals surface area contributed by atoms with Gasteiger partial charge in [0.25, 0.3) is 0 Å². The molecule has 1 unspecified atom stereocenters. The lowest BCUT2D eigenvalue weighted by Gasteiger charge is -2.12. The predicted octanol–water partition coefficient (Wildman–Crippen LogP) is 4.22. The van der Waals surface area contributed by atoms with Crippen LogP contribution in [0.3, 0.4) is 0 Å². The Hall–Kier alpha value is -1.71. The highest BCUT2D eigenvalue weighted by Crippen LogP contribution is 2.35. The number of hydrogen-bond acceptors (Lipinski definition) is 3. The lowest BCUT2D eigenvalue weighted by Crippen LogP contribution is -2.10. The van der Waals surface area contributed by atoms with Gasteiger partial charge in [0, 0.05) is 21.3 Å². The molecule has 2 nitrogen and oxygen atoms in total. The van der Waals surface area contributed by atoms with Gasteiger partial charge in [-0.2, -0.15) is 0 Å². The highest BCUT2D eigenvalue weighted by atomic mass is 32.1. The molecular weight excluding hydrogens is 276 g/mol. The van der Waals surface area contributed by atoms with E-state index in [0.29, 0.717) is 0 Å². The zero-order valence-corrected chi connectivity index (χ0v) is 12.7. The Morgan fingerprint density at radius 3 is 2.90 bits per heavy atom. The summed E-state index contributed by atoms with van der Waals surface area (Å²) in [7, 11) is 0. The maximum Gasteiger partial charge on any atom is 0.0705 e. The molecule has 2 heterocycles. The second kappa shape index (κ2) is 5.24. The van der Waals surface area contributed by atoms with E-state index in [0.717, 1.165) is 5.52 Å². The molecule has 0 spiro atoms. The predicted molar refractivity (Wildman–Crippen MR) is 88.7 cm³/mol. The number of fused-ring (bicyclic) bond motifs is 2. The molecule has 0 amide bonds. The summed E-state index contributed by atoms with van der Waals surface area (Å²) < 4.78 is 0. The number of aryl methyl sites for hydroxylation is 2. The van der Waals surface area contributed by atoms with Gasteiger partial charge in [-0.05, 0) is 55.0 Å². The van der Waals surface area contributed by atoms with Crippen LogP contribution in [-0.4, -0.2) is 4.98 Å². The van der Waals surface area contributed by atoms with Gasteiger partial charge in [-0.15, -0.1) is 11.3 Å². The molecule has 0 aliphatic heterocycles. The lowest BCUT2D eigenvalue weighted by atomic mass is 9.97. The molecule has 2 aromatic heterocycles. The molecule has 0 saturated carbocycles. The zero-order valence-electron chi connectivity index (χ0n) is 11.9. The van der Waals surface area contributed by atoms with Crippen molar-refractivity contribution < 1.29 is 0 Å². The van der Waals surface area contributed by atoms with E-state index in [1.54, 1.807) is 4.88 Å². The first kappa shape index (κ1) is 13.0. The van der Waals surface area contributed by atoms with Crippen molar-refractivity contribution in [2.24, 2.45) is 5.73 Å². The molecule has 4 rings (SSSR count). The van der Waals surface area contributed by atoms with E-state index in [2.05, 4.69) is 29.2 Å². The summed E-state index contributed by atoms with van der Waals surface area (Å²) in [6.45, 7) is 0. The molecule has 1 aromatic carbocycles. The number of benzene rings is 1. The van der Waals surface area contributed by atoms with Crippen LogP contribution in [-0.2, 0) is 12.8 Å². The number of aromatic nitrogens is 1. The molecule has 3 heteroatoms. The smallest absolute Gasteiger partial charge is 0.0705 e. The summed E-state index contributed by atoms with van der Waals surface area (Å²) in [6, 6.07) is 12.6. The lowest BCUT2D eigenvalue weighted by molar-refractivity contribution is 0.696. The second-order valence-electron chi connectivity index (χ2n) is 5.70. The largest absolute Gasteiger partial charge is 0.320 e. The molecule has 21 heavy (non-hydrogen) atoms. The molecule has 0 bridgehead atoms. The van der Waals surface area contributed by atoms with Crippen molar-refractivity contribution >= 4 is 22.2 Å². The summed E-state index contributed by atoms with van der Waals surface area (Å²) >= 11 is 1.90. The molecule has 1 aliphatic carbocycles. The molecule has 1 aliphatic rings. The molecule has 0 fully saturated rings. The number of nitrogens with zero attached hydrogens (tertiary/aromatic N) is 1. The Kier molecular flexibility index (Phi) is 3.24. The number of nitrogens with two attached hydrogens (primary N) is 1. The van der Waals surface area contributed by atoms with E-state index in [4.69, 9.17) is 5.73 Å². The van der Waals surface area contributed by atoms with Gasteiger partial charge in [-0.1, -0.05) is 18.2 Å². The van der Waals surface area contributed by atoms with Gasteiger partial charge < -0.3 is 5.73 Å². The molecule has 0 radical (unpaired) electrons. The van der Waals surface area contributed by atoms with E-state index in [-0.39, 0.29) is 6.04 Å². The number of rotatable bonds is 2. The van der Waals surface area contributed by atoms with Crippen LogP contribution in [0.15, 0.2) is 42.6 Å². The molecule has 2 N–H and O–H groups in total. The van der Waals surface area contributed by atoms with Crippen LogP contribution >= 0.6 is 11.3 Å². The van der Waals surface area contributed by atoms with Crippen LogP contribution in [0.1, 0.15) is 39.8 Å². The maximum atomic E-state index is 6.58. The van der Waals surface area contributed by atoms with Crippen LogP contribution in [0.5, 0.6) is 0 Å². The molecule has 1 atom stereocenters. The number of hydrogen-bond donors (Lipinski definition) is 1. The third-order valence-corrected chi connectivity index (χ3v) is 5.66. The Morgan fingerprint density at radius 1 is 1.10 bits per heavy atom. The monoisotopic (exact) mass is 294 g/mol. The van der Waals surface area contributed by atoms with Gasteiger partial charge in [0.05, 0.1) is 11.6 Å². The van der Waals surface area contributed by atoms with Gasteiger partial charge in [-0.3, -0.25) is 4.98 Å². The molecule has 106 valence electrons. The van der Waals surface area contributed by atoms with Gasteiger partial charge in [-0.25, -0.2) is 0 Å². The van der Waals surface area contributed by atoms with Crippen molar-refractivity contribution in [3.8, 4) is 0 Å². The minimum atomic E-state index is -0.0477. The van der Waals surface area contributed by atoms with E-state index in [9.17, 15) is 0 Å². The van der Waals surface area contributed by atoms with Crippen LogP contribution in [0, 0.1) is 0 Å². The summed E-state index contributed by atoms with van der Waals surface area (Å²) in [5, 5.41) is 1.17. The fourth-order valence-corrected chi connectivity index (χ4v) is 4.50. The maximum absolute atomic E-state index is 6.58. The normalized spacial score (nSPS) is 15.9. The second-order valence-corrected chi connectivity index (χ2v) is 6.87. The van der Waals surface area contributed by atoms with E-state index >= 15 is 0 Å². The van der Waals surface area contributed by atoms with Crippen molar-refractivity contribution in [3.05, 3.63) is 63.5 Å². The molecule has 0 saturated heterocycles. The van der Waals surface area contributed by atoms with Crippen LogP contribution in [0.2, 0.25) is 0 Å². The summed E-state index contributed by atoms with van der Waals surface area (Å²) in [5.41, 5.74) is 10.3. The highest BCUT2D eigenvalue weighted by Gasteiger charge is 2.19. The SMILES string of the molecule is NC(c1cc2c(s1)CCCC2)c1cccc2ncccc12. The minimum Gasteiger partial charge on any atom is -0.320 e. The van der Waals surface area contributed by atoms with Crippen LogP contribution in [0.25, 0.3) is 10.9 Å². The summed E-state index contributed by atoms with van der Waals surface area (Å²) in [5.74, 6) is 0. The van der Waals surface area contributed by atoms with Crippen molar-refractivity contribution in [2.45, 2.75) is 31.7 Å². The third kappa shape index (κ3) is 2.27. The highest BCUT2D eigenvalue weighted by molar-refractivity contribution is 7.12. The fourth-order valence-electron chi connectivity index (χ4n) is 3.22. The van der Waals surface area contributed by atoms with Crippen molar-refractivity contribution in [3.63, 3.8) is 0 Å². The Labute approximate surface area is 128 Å². The Bertz CT molecular complexity index is 762. The van der Waals surface area contributed by atoms with Crippen molar-refractivity contribution in [1.82, 2.24) is 4.98 Å². The van der Waals surface area contributed by atoms with E-state index in [1.165, 1.54) is 47.1 Å². The first-order valence-electron chi connectivity index (χ1n) is 7.53. The van der Waals surface area contributed by atoms with Crippen molar-refractivity contribution in [2.75, 3.05) is 0 Å². The average Bonchev–Trinajstić information content (AvgIpc) is 2.97. The van der Waals surface area contributed by atoms with E-state index < -0.39 is 0 Å². The summed E-state index contributed by atoms with van der Waals surface area (Å²) in [4.78, 5) is 7.27. The number of thiophene rings is 1. The third-order valence-electron chi connectivity index (χ3n) is 4.34. The minimum absolute atomic E-state index is 0.0477. The topological polar surface area (TPSA) is 38.9 Å². The first-order valence-corrected chi connectivity index (χ1v) is 8.35. The van der Waals surface area contributed by atoms with Crippen LogP contribution in [0.4, 0.5) is 0 Å². The van der Waals surface area contributed by atoms with Crippen LogP contribution < -0.4 is 5.73 Å². The Balaban J connectivity index is 1.79. The average molecular weight is 294 g/mol. The van der Waals surface area contributed by atoms with Gasteiger partial charge >= 0.3 is 0 Å². The fraction of sp³-hybridized carbons (Fsp3) is 0.278. The zero-order chi connectivity index (χ0) is 14.2. The number of pyridine rings is 1. The summed E-state index contributed by atoms with van der Waals surface area (Å²) in [6.07, 6.45) is 6.91. The van der Waals surface area contributed by atoms with Gasteiger partial charge in [0.2, 0.25) is 0 Å². The van der Waals surface area contributed by atoms with Crippen molar-refractivity contribution in [1.29, 1.82) is 0 Å². The Morgan fingerprint density at radius 2 is 2.00 bits per heavy atom.